The predicted octanol–water partition coefficient (Wildman–Crippen LogP) is 10.9. The molecule has 0 aliphatic heterocycles. The van der Waals surface area contributed by atoms with Gasteiger partial charge >= 0.3 is 15.2 Å². The number of hydrogen-bond donors (Lipinski definition) is 0. The molecule has 8 heteroatoms. The largest absolute Gasteiger partial charge is 0.335 e. The van der Waals surface area contributed by atoms with Crippen LogP contribution in [0, 0.1) is 23.7 Å². The Balaban J connectivity index is 1.28. The summed E-state index contributed by atoms with van der Waals surface area (Å²) in [5, 5.41) is 6.83. The van der Waals surface area contributed by atoms with Crippen LogP contribution in [0.2, 0.25) is 0 Å². The molecule has 0 aliphatic rings. The van der Waals surface area contributed by atoms with E-state index in [1.54, 1.807) is 0 Å². The summed E-state index contributed by atoms with van der Waals surface area (Å²) in [6.45, 7) is 8.60. The lowest BCUT2D eigenvalue weighted by molar-refractivity contribution is 0.218. The van der Waals surface area contributed by atoms with Crippen LogP contribution in [-0.2, 0) is 39.5 Å². The first-order valence-electron chi connectivity index (χ1n) is 17.0. The maximum absolute atomic E-state index is 13.0. The molecule has 0 heterocycles. The van der Waals surface area contributed by atoms with Crippen molar-refractivity contribution in [2.24, 2.45) is 0 Å². The zero-order valence-electron chi connectivity index (χ0n) is 28.8. The fraction of sp³-hybridized carbons (Fsp3) is 0.238. The quantitative estimate of drug-likeness (QED) is 0.0718. The molecule has 6 nitrogen and oxygen atoms in total. The van der Waals surface area contributed by atoms with Gasteiger partial charge in [0.1, 0.15) is 0 Å². The molecule has 0 aliphatic carbocycles. The van der Waals surface area contributed by atoms with Crippen molar-refractivity contribution in [1.29, 1.82) is 0 Å². The molecule has 0 unspecified atom stereocenters. The molecule has 6 rings (SSSR count). The molecule has 0 spiro atoms. The van der Waals surface area contributed by atoms with Crippen LogP contribution in [0.3, 0.4) is 0 Å². The molecule has 50 heavy (non-hydrogen) atoms. The van der Waals surface area contributed by atoms with Crippen LogP contribution >= 0.6 is 15.2 Å². The van der Waals surface area contributed by atoms with Crippen LogP contribution in [0.15, 0.2) is 97.1 Å². The second-order valence-corrected chi connectivity index (χ2v) is 15.9. The Kier molecular flexibility index (Phi) is 11.2. The van der Waals surface area contributed by atoms with Crippen LogP contribution in [-0.4, -0.2) is 26.4 Å². The summed E-state index contributed by atoms with van der Waals surface area (Å²) in [5.74, 6) is 13.4. The summed E-state index contributed by atoms with van der Waals surface area (Å²) in [4.78, 5) is 0. The number of rotatable bonds is 12. The smallest absolute Gasteiger partial charge is 0.309 e. The summed E-state index contributed by atoms with van der Waals surface area (Å²) in [7, 11) is -6.35. The zero-order valence-corrected chi connectivity index (χ0v) is 30.6. The Bertz CT molecular complexity index is 2150. The second kappa shape index (κ2) is 15.8. The van der Waals surface area contributed by atoms with Gasteiger partial charge < -0.3 is 18.1 Å². The first-order valence-corrected chi connectivity index (χ1v) is 20.4. The van der Waals surface area contributed by atoms with Gasteiger partial charge in [0.15, 0.2) is 0 Å². The lowest BCUT2D eigenvalue weighted by Gasteiger charge is -2.16. The minimum Gasteiger partial charge on any atom is -0.309 e. The summed E-state index contributed by atoms with van der Waals surface area (Å²) in [6.07, 6.45) is 0.453. The first kappa shape index (κ1) is 35.6. The van der Waals surface area contributed by atoms with E-state index >= 15 is 0 Å². The van der Waals surface area contributed by atoms with Gasteiger partial charge in [-0.3, -0.25) is 9.13 Å². The lowest BCUT2D eigenvalue weighted by Crippen LogP contribution is -1.99. The predicted molar refractivity (Wildman–Crippen MR) is 204 cm³/mol. The maximum atomic E-state index is 13.0. The van der Waals surface area contributed by atoms with E-state index in [0.29, 0.717) is 26.4 Å². The van der Waals surface area contributed by atoms with Crippen molar-refractivity contribution in [2.45, 2.75) is 40.0 Å². The van der Waals surface area contributed by atoms with Crippen molar-refractivity contribution in [3.63, 3.8) is 0 Å². The normalized spacial score (nSPS) is 11.8. The summed E-state index contributed by atoms with van der Waals surface area (Å²) in [6, 6.07) is 32.5. The maximum Gasteiger partial charge on any atom is 0.335 e. The molecule has 0 atom stereocenters. The highest BCUT2D eigenvalue weighted by molar-refractivity contribution is 7.53. The standard InChI is InChI=1S/C42H40O6P2/c1-5-45-49(43,46-6-2)29-33-13-9-31(10-14-33)17-19-35-21-23-37-26-28-40-36(22-24-38-25-27-39(35)41(37)42(38)40)20-18-32-11-15-34(16-12-32)30-50(44,47-7-3)48-8-4/h9-16,21-28H,5-8,29-30H2,1-4H3. The van der Waals surface area contributed by atoms with Gasteiger partial charge in [0.05, 0.1) is 38.8 Å². The first-order chi connectivity index (χ1) is 24.3. The monoisotopic (exact) mass is 702 g/mol. The molecule has 0 radical (unpaired) electrons. The highest BCUT2D eigenvalue weighted by Crippen LogP contribution is 2.52. The average molecular weight is 703 g/mol. The SMILES string of the molecule is CCOP(=O)(Cc1ccc(C#Cc2ccc3ccc4c(C#Cc5ccc(CP(=O)(OCC)OCC)cc5)ccc5ccc2c3c54)cc1)OCC. The molecule has 0 saturated heterocycles. The van der Waals surface area contributed by atoms with Gasteiger partial charge in [-0.2, -0.15) is 0 Å². The van der Waals surface area contributed by atoms with Crippen LogP contribution < -0.4 is 0 Å². The Morgan fingerprint density at radius 2 is 0.780 bits per heavy atom. The van der Waals surface area contributed by atoms with Gasteiger partial charge in [0, 0.05) is 22.3 Å². The van der Waals surface area contributed by atoms with E-state index in [1.165, 1.54) is 10.8 Å². The van der Waals surface area contributed by atoms with E-state index in [9.17, 15) is 9.13 Å². The molecule has 0 amide bonds. The highest BCUT2D eigenvalue weighted by atomic mass is 31.2. The number of hydrogen-bond acceptors (Lipinski definition) is 6. The van der Waals surface area contributed by atoms with Crippen molar-refractivity contribution >= 4 is 47.5 Å². The lowest BCUT2D eigenvalue weighted by atomic mass is 9.90. The second-order valence-electron chi connectivity index (χ2n) is 11.8. The summed E-state index contributed by atoms with van der Waals surface area (Å²) >= 11 is 0. The molecule has 0 fully saturated rings. The number of benzene rings is 6. The molecule has 0 bridgehead atoms. The van der Waals surface area contributed by atoms with E-state index in [4.69, 9.17) is 18.1 Å². The Hall–Kier alpha value is -4.22. The average Bonchev–Trinajstić information content (AvgIpc) is 3.11. The fourth-order valence-corrected chi connectivity index (χ4v) is 9.58. The Morgan fingerprint density at radius 1 is 0.440 bits per heavy atom. The van der Waals surface area contributed by atoms with Crippen LogP contribution in [0.4, 0.5) is 0 Å². The molecule has 6 aromatic rings. The van der Waals surface area contributed by atoms with E-state index in [0.717, 1.165) is 54.9 Å². The summed E-state index contributed by atoms with van der Waals surface area (Å²) < 4.78 is 47.7. The Morgan fingerprint density at radius 3 is 1.12 bits per heavy atom. The van der Waals surface area contributed by atoms with Crippen LogP contribution in [0.1, 0.15) is 61.1 Å². The Labute approximate surface area is 294 Å². The third-order valence-corrected chi connectivity index (χ3v) is 12.4. The fourth-order valence-electron chi connectivity index (χ4n) is 6.18. The topological polar surface area (TPSA) is 71.1 Å². The van der Waals surface area contributed by atoms with E-state index in [2.05, 4.69) is 72.2 Å². The molecule has 254 valence electrons. The van der Waals surface area contributed by atoms with E-state index in [1.807, 2.05) is 76.2 Å². The van der Waals surface area contributed by atoms with Gasteiger partial charge in [-0.15, -0.1) is 0 Å². The molecular formula is C42H40O6P2. The van der Waals surface area contributed by atoms with Crippen molar-refractivity contribution in [1.82, 2.24) is 0 Å². The van der Waals surface area contributed by atoms with Gasteiger partial charge in [0.25, 0.3) is 0 Å². The van der Waals surface area contributed by atoms with Crippen LogP contribution in [0.5, 0.6) is 0 Å². The molecule has 0 N–H and O–H groups in total. The molecule has 0 saturated carbocycles. The van der Waals surface area contributed by atoms with Gasteiger partial charge in [0.2, 0.25) is 0 Å². The van der Waals surface area contributed by atoms with Crippen molar-refractivity contribution < 1.29 is 27.2 Å². The van der Waals surface area contributed by atoms with Crippen molar-refractivity contribution in [3.8, 4) is 23.7 Å². The third-order valence-electron chi connectivity index (χ3n) is 8.31. The van der Waals surface area contributed by atoms with Crippen molar-refractivity contribution in [2.75, 3.05) is 26.4 Å². The van der Waals surface area contributed by atoms with Crippen LogP contribution in [0.25, 0.3) is 32.3 Å². The van der Waals surface area contributed by atoms with Crippen molar-refractivity contribution in [3.05, 3.63) is 130 Å². The zero-order chi connectivity index (χ0) is 35.1. The van der Waals surface area contributed by atoms with E-state index < -0.39 is 15.2 Å². The molecule has 6 aromatic carbocycles. The third kappa shape index (κ3) is 8.05. The summed E-state index contributed by atoms with van der Waals surface area (Å²) in [5.41, 5.74) is 5.39. The van der Waals surface area contributed by atoms with Gasteiger partial charge in [-0.1, -0.05) is 84.3 Å². The molecule has 0 aromatic heterocycles. The van der Waals surface area contributed by atoms with Gasteiger partial charge in [-0.25, -0.2) is 0 Å². The minimum absolute atomic E-state index is 0.226. The van der Waals surface area contributed by atoms with Gasteiger partial charge in [-0.05, 0) is 108 Å². The highest BCUT2D eigenvalue weighted by Gasteiger charge is 2.25. The van der Waals surface area contributed by atoms with E-state index in [-0.39, 0.29) is 12.3 Å². The minimum atomic E-state index is -3.17. The molecular weight excluding hydrogens is 662 g/mol.